The van der Waals surface area contributed by atoms with Crippen molar-refractivity contribution in [1.82, 2.24) is 4.90 Å². The van der Waals surface area contributed by atoms with Gasteiger partial charge in [0.05, 0.1) is 11.5 Å². The first-order valence-electron chi connectivity index (χ1n) is 7.83. The second-order valence-electron chi connectivity index (χ2n) is 5.85. The van der Waals surface area contributed by atoms with E-state index in [0.717, 1.165) is 25.7 Å². The van der Waals surface area contributed by atoms with Gasteiger partial charge >= 0.3 is 5.97 Å². The summed E-state index contributed by atoms with van der Waals surface area (Å²) in [5.74, 6) is -0.00439. The first-order valence-corrected chi connectivity index (χ1v) is 8.88. The molecule has 2 unspecified atom stereocenters. The van der Waals surface area contributed by atoms with Crippen LogP contribution in [0.5, 0.6) is 0 Å². The van der Waals surface area contributed by atoms with Crippen molar-refractivity contribution in [3.8, 4) is 0 Å². The first kappa shape index (κ1) is 16.6. The highest BCUT2D eigenvalue weighted by Gasteiger charge is 2.42. The van der Waals surface area contributed by atoms with Crippen LogP contribution in [0.4, 0.5) is 0 Å². The van der Waals surface area contributed by atoms with E-state index in [0.29, 0.717) is 30.8 Å². The number of thioether (sulfide) groups is 1. The largest absolute Gasteiger partial charge is 0.480 e. The molecular weight excluding hydrogens is 290 g/mol. The second-order valence-corrected chi connectivity index (χ2v) is 7.06. The molecule has 21 heavy (non-hydrogen) atoms. The number of hydrogen-bond acceptors (Lipinski definition) is 4. The van der Waals surface area contributed by atoms with E-state index in [1.165, 1.54) is 0 Å². The van der Waals surface area contributed by atoms with E-state index in [9.17, 15) is 14.7 Å². The average molecular weight is 315 g/mol. The molecule has 2 atom stereocenters. The van der Waals surface area contributed by atoms with Gasteiger partial charge in [-0.05, 0) is 32.1 Å². The molecule has 1 amide bonds. The zero-order valence-corrected chi connectivity index (χ0v) is 13.6. The molecule has 6 heteroatoms. The van der Waals surface area contributed by atoms with Crippen LogP contribution >= 0.6 is 11.8 Å². The van der Waals surface area contributed by atoms with Crippen LogP contribution in [0.2, 0.25) is 0 Å². The van der Waals surface area contributed by atoms with Gasteiger partial charge in [0.1, 0.15) is 6.04 Å². The van der Waals surface area contributed by atoms with Crippen molar-refractivity contribution in [3.63, 3.8) is 0 Å². The summed E-state index contributed by atoms with van der Waals surface area (Å²) in [6, 6.07) is -0.651. The van der Waals surface area contributed by atoms with Crippen LogP contribution in [0.15, 0.2) is 0 Å². The van der Waals surface area contributed by atoms with Crippen molar-refractivity contribution in [2.45, 2.75) is 63.5 Å². The molecule has 0 bridgehead atoms. The van der Waals surface area contributed by atoms with Crippen LogP contribution in [0.1, 0.15) is 46.0 Å². The second kappa shape index (κ2) is 7.49. The summed E-state index contributed by atoms with van der Waals surface area (Å²) in [5, 5.41) is 9.34. The summed E-state index contributed by atoms with van der Waals surface area (Å²) >= 11 is 1.60. The molecule has 0 aromatic carbocycles. The summed E-state index contributed by atoms with van der Waals surface area (Å²) < 4.78 is 5.51. The smallest absolute Gasteiger partial charge is 0.327 e. The molecule has 0 radical (unpaired) electrons. The third-order valence-electron chi connectivity index (χ3n) is 4.26. The molecule has 1 N–H and O–H groups in total. The van der Waals surface area contributed by atoms with Gasteiger partial charge in [-0.1, -0.05) is 13.3 Å². The maximum absolute atomic E-state index is 12.5. The van der Waals surface area contributed by atoms with E-state index >= 15 is 0 Å². The molecule has 2 fully saturated rings. The predicted molar refractivity (Wildman–Crippen MR) is 82.2 cm³/mol. The van der Waals surface area contributed by atoms with Gasteiger partial charge in [0.15, 0.2) is 0 Å². The van der Waals surface area contributed by atoms with E-state index in [4.69, 9.17) is 4.74 Å². The number of carbonyl (C=O) groups excluding carboxylic acids is 1. The molecule has 120 valence electrons. The minimum absolute atomic E-state index is 0.00537. The van der Waals surface area contributed by atoms with Crippen LogP contribution in [0, 0.1) is 5.92 Å². The van der Waals surface area contributed by atoms with Crippen LogP contribution in [-0.4, -0.2) is 51.8 Å². The Hall–Kier alpha value is -0.750. The zero-order chi connectivity index (χ0) is 15.4. The predicted octanol–water partition coefficient (Wildman–Crippen LogP) is 2.35. The van der Waals surface area contributed by atoms with Gasteiger partial charge in [0.25, 0.3) is 0 Å². The number of aliphatic carboxylic acids is 1. The van der Waals surface area contributed by atoms with Crippen molar-refractivity contribution in [2.24, 2.45) is 5.92 Å². The molecular formula is C15H25NO4S. The van der Waals surface area contributed by atoms with Crippen LogP contribution in [0.3, 0.4) is 0 Å². The Labute approximate surface area is 130 Å². The van der Waals surface area contributed by atoms with Gasteiger partial charge in [-0.25, -0.2) is 4.79 Å². The number of ether oxygens (including phenoxy) is 1. The Morgan fingerprint density at radius 2 is 2.05 bits per heavy atom. The summed E-state index contributed by atoms with van der Waals surface area (Å²) in [5.41, 5.74) is 0. The minimum Gasteiger partial charge on any atom is -0.480 e. The molecule has 2 aliphatic rings. The third-order valence-corrected chi connectivity index (χ3v) is 5.62. The first-order chi connectivity index (χ1) is 10.1. The third kappa shape index (κ3) is 3.92. The van der Waals surface area contributed by atoms with Crippen LogP contribution in [0.25, 0.3) is 0 Å². The molecule has 1 heterocycles. The Bertz CT molecular complexity index is 384. The van der Waals surface area contributed by atoms with E-state index in [-0.39, 0.29) is 11.3 Å². The van der Waals surface area contributed by atoms with Crippen molar-refractivity contribution >= 4 is 23.6 Å². The average Bonchev–Trinajstić information content (AvgIpc) is 2.80. The SMILES string of the molecule is CCCC1SCC(C(=O)O)N1C(=O)CC1CC(OCC)C1. The van der Waals surface area contributed by atoms with E-state index in [2.05, 4.69) is 6.92 Å². The monoisotopic (exact) mass is 315 g/mol. The molecule has 0 aromatic heterocycles. The fourth-order valence-electron chi connectivity index (χ4n) is 3.12. The van der Waals surface area contributed by atoms with Crippen LogP contribution in [-0.2, 0) is 14.3 Å². The van der Waals surface area contributed by atoms with Crippen molar-refractivity contribution in [3.05, 3.63) is 0 Å². The molecule has 1 saturated heterocycles. The number of hydrogen-bond donors (Lipinski definition) is 1. The number of rotatable bonds is 7. The van der Waals surface area contributed by atoms with Crippen LogP contribution < -0.4 is 0 Å². The molecule has 0 spiro atoms. The van der Waals surface area contributed by atoms with Crippen molar-refractivity contribution < 1.29 is 19.4 Å². The lowest BCUT2D eigenvalue weighted by Crippen LogP contribution is -2.47. The maximum Gasteiger partial charge on any atom is 0.327 e. The highest BCUT2D eigenvalue weighted by Crippen LogP contribution is 2.37. The van der Waals surface area contributed by atoms with E-state index in [1.807, 2.05) is 6.92 Å². The molecule has 1 aliphatic heterocycles. The van der Waals surface area contributed by atoms with E-state index in [1.54, 1.807) is 16.7 Å². The van der Waals surface area contributed by atoms with Gasteiger partial charge in [-0.15, -0.1) is 11.8 Å². The maximum atomic E-state index is 12.5. The van der Waals surface area contributed by atoms with Gasteiger partial charge in [0.2, 0.25) is 5.91 Å². The highest BCUT2D eigenvalue weighted by molar-refractivity contribution is 8.00. The van der Waals surface area contributed by atoms with Gasteiger partial charge in [-0.3, -0.25) is 4.79 Å². The lowest BCUT2D eigenvalue weighted by molar-refractivity contribution is -0.150. The zero-order valence-electron chi connectivity index (χ0n) is 12.8. The van der Waals surface area contributed by atoms with Crippen molar-refractivity contribution in [2.75, 3.05) is 12.4 Å². The molecule has 2 rings (SSSR count). The molecule has 0 aromatic rings. The normalized spacial score (nSPS) is 32.0. The number of amides is 1. The number of carboxylic acids is 1. The summed E-state index contributed by atoms with van der Waals surface area (Å²) in [6.07, 6.45) is 4.44. The van der Waals surface area contributed by atoms with E-state index < -0.39 is 12.0 Å². The number of carbonyl (C=O) groups is 2. The minimum atomic E-state index is -0.879. The quantitative estimate of drug-likeness (QED) is 0.781. The summed E-state index contributed by atoms with van der Waals surface area (Å²) in [7, 11) is 0. The fourth-order valence-corrected chi connectivity index (χ4v) is 4.66. The van der Waals surface area contributed by atoms with Crippen molar-refractivity contribution in [1.29, 1.82) is 0 Å². The highest BCUT2D eigenvalue weighted by atomic mass is 32.2. The number of nitrogens with zero attached hydrogens (tertiary/aromatic N) is 1. The molecule has 5 nitrogen and oxygen atoms in total. The lowest BCUT2D eigenvalue weighted by atomic mass is 9.79. The Kier molecular flexibility index (Phi) is 5.93. The van der Waals surface area contributed by atoms with Gasteiger partial charge in [0, 0.05) is 18.8 Å². The Morgan fingerprint density at radius 3 is 2.62 bits per heavy atom. The summed E-state index contributed by atoms with van der Waals surface area (Å²) in [6.45, 7) is 4.76. The van der Waals surface area contributed by atoms with Gasteiger partial charge < -0.3 is 14.7 Å². The topological polar surface area (TPSA) is 66.8 Å². The molecule has 1 aliphatic carbocycles. The van der Waals surface area contributed by atoms with Gasteiger partial charge in [-0.2, -0.15) is 0 Å². The fraction of sp³-hybridized carbons (Fsp3) is 0.867. The number of carboxylic acid groups (broad SMARTS) is 1. The Morgan fingerprint density at radius 1 is 1.33 bits per heavy atom. The summed E-state index contributed by atoms with van der Waals surface area (Å²) in [4.78, 5) is 25.5. The standard InChI is InChI=1S/C15H25NO4S/c1-3-5-14-16(12(9-21-14)15(18)19)13(17)8-10-6-11(7-10)20-4-2/h10-12,14H,3-9H2,1-2H3,(H,18,19). The lowest BCUT2D eigenvalue weighted by Gasteiger charge is -2.36. The molecule has 1 saturated carbocycles. The Balaban J connectivity index is 1.90.